The van der Waals surface area contributed by atoms with Crippen LogP contribution in [0.1, 0.15) is 38.3 Å². The molecule has 1 aromatic rings. The summed E-state index contributed by atoms with van der Waals surface area (Å²) >= 11 is 0. The number of nitriles is 1. The van der Waals surface area contributed by atoms with Crippen molar-refractivity contribution in [3.63, 3.8) is 0 Å². The van der Waals surface area contributed by atoms with Crippen LogP contribution in [0.3, 0.4) is 0 Å². The lowest BCUT2D eigenvalue weighted by Crippen LogP contribution is -2.32. The second-order valence-electron chi connectivity index (χ2n) is 5.07. The molecule has 1 unspecified atom stereocenters. The van der Waals surface area contributed by atoms with Crippen LogP contribution < -0.4 is 0 Å². The van der Waals surface area contributed by atoms with Gasteiger partial charge in [0.15, 0.2) is 5.69 Å². The Bertz CT molecular complexity index is 607. The number of hydrogen-bond acceptors (Lipinski definition) is 4. The number of hydrogen-bond donors (Lipinski definition) is 0. The number of sulfonamides is 1. The topological polar surface area (TPSA) is 74.1 Å². The minimum atomic E-state index is -3.61. The molecule has 1 aromatic heterocycles. The third-order valence-electron chi connectivity index (χ3n) is 3.88. The summed E-state index contributed by atoms with van der Waals surface area (Å²) < 4.78 is 26.8. The minimum absolute atomic E-state index is 0.0243. The van der Waals surface area contributed by atoms with Crippen molar-refractivity contribution in [3.05, 3.63) is 24.0 Å². The van der Waals surface area contributed by atoms with E-state index in [2.05, 4.69) is 11.9 Å². The normalized spacial score (nSPS) is 21.1. The molecule has 108 valence electrons. The molecule has 1 aliphatic heterocycles. The molecule has 20 heavy (non-hydrogen) atoms. The Kier molecular flexibility index (Phi) is 4.73. The Morgan fingerprint density at radius 2 is 2.25 bits per heavy atom. The van der Waals surface area contributed by atoms with E-state index in [1.807, 2.05) is 6.07 Å². The summed E-state index contributed by atoms with van der Waals surface area (Å²) in [4.78, 5) is 3.87. The zero-order valence-electron chi connectivity index (χ0n) is 11.6. The van der Waals surface area contributed by atoms with Gasteiger partial charge in [0, 0.05) is 19.3 Å². The van der Waals surface area contributed by atoms with Gasteiger partial charge >= 0.3 is 0 Å². The first-order valence-electron chi connectivity index (χ1n) is 6.95. The van der Waals surface area contributed by atoms with Crippen LogP contribution in [0, 0.1) is 17.2 Å². The summed E-state index contributed by atoms with van der Waals surface area (Å²) in [5, 5.41) is 9.02. The molecule has 0 amide bonds. The van der Waals surface area contributed by atoms with Crippen molar-refractivity contribution < 1.29 is 8.42 Å². The Labute approximate surface area is 120 Å². The molecule has 0 aliphatic carbocycles. The van der Waals surface area contributed by atoms with Crippen molar-refractivity contribution in [3.8, 4) is 6.07 Å². The van der Waals surface area contributed by atoms with Gasteiger partial charge in [0.25, 0.3) is 0 Å². The first-order chi connectivity index (χ1) is 9.59. The molecule has 1 fully saturated rings. The Hall–Kier alpha value is -1.45. The molecule has 1 aliphatic rings. The van der Waals surface area contributed by atoms with Crippen molar-refractivity contribution in [2.24, 2.45) is 5.92 Å². The van der Waals surface area contributed by atoms with Gasteiger partial charge in [0.2, 0.25) is 10.0 Å². The zero-order chi connectivity index (χ0) is 14.6. The molecule has 0 bridgehead atoms. The van der Waals surface area contributed by atoms with Crippen molar-refractivity contribution in [2.75, 3.05) is 13.1 Å². The summed E-state index contributed by atoms with van der Waals surface area (Å²) in [7, 11) is -3.61. The molecule has 0 N–H and O–H groups in total. The van der Waals surface area contributed by atoms with Crippen molar-refractivity contribution in [1.29, 1.82) is 5.26 Å². The molecule has 0 saturated carbocycles. The van der Waals surface area contributed by atoms with E-state index in [9.17, 15) is 8.42 Å². The van der Waals surface area contributed by atoms with Gasteiger partial charge in [-0.3, -0.25) is 0 Å². The van der Waals surface area contributed by atoms with Gasteiger partial charge in [0.1, 0.15) is 11.0 Å². The SMILES string of the molecule is CCC1CCCN(S(=O)(=O)c2cccnc2C#N)CC1. The second kappa shape index (κ2) is 6.33. The zero-order valence-corrected chi connectivity index (χ0v) is 12.4. The van der Waals surface area contributed by atoms with Crippen molar-refractivity contribution >= 4 is 10.0 Å². The first-order valence-corrected chi connectivity index (χ1v) is 8.39. The van der Waals surface area contributed by atoms with Crippen LogP contribution in [0.4, 0.5) is 0 Å². The summed E-state index contributed by atoms with van der Waals surface area (Å²) in [6, 6.07) is 4.88. The molecule has 1 saturated heterocycles. The van der Waals surface area contributed by atoms with Crippen LogP contribution in [0.15, 0.2) is 23.2 Å². The second-order valence-corrected chi connectivity index (χ2v) is 6.98. The van der Waals surface area contributed by atoms with E-state index in [-0.39, 0.29) is 10.6 Å². The molecule has 5 nitrogen and oxygen atoms in total. The molecular weight excluding hydrogens is 274 g/mol. The summed E-state index contributed by atoms with van der Waals surface area (Å²) in [5.41, 5.74) is -0.0243. The third-order valence-corrected chi connectivity index (χ3v) is 5.81. The third kappa shape index (κ3) is 3.00. The smallest absolute Gasteiger partial charge is 0.244 e. The molecule has 0 aromatic carbocycles. The molecule has 2 heterocycles. The fourth-order valence-corrected chi connectivity index (χ4v) is 4.20. The molecule has 2 rings (SSSR count). The predicted octanol–water partition coefficient (Wildman–Crippen LogP) is 2.15. The monoisotopic (exact) mass is 293 g/mol. The van der Waals surface area contributed by atoms with Gasteiger partial charge in [0.05, 0.1) is 0 Å². The Balaban J connectivity index is 2.29. The van der Waals surface area contributed by atoms with Crippen LogP contribution in [0.25, 0.3) is 0 Å². The highest BCUT2D eigenvalue weighted by Gasteiger charge is 2.29. The van der Waals surface area contributed by atoms with Gasteiger partial charge < -0.3 is 0 Å². The lowest BCUT2D eigenvalue weighted by molar-refractivity contribution is 0.407. The van der Waals surface area contributed by atoms with E-state index >= 15 is 0 Å². The number of aromatic nitrogens is 1. The van der Waals surface area contributed by atoms with Gasteiger partial charge in [-0.25, -0.2) is 13.4 Å². The minimum Gasteiger partial charge on any atom is -0.244 e. The summed E-state index contributed by atoms with van der Waals surface area (Å²) in [5.74, 6) is 0.597. The van der Waals surface area contributed by atoms with E-state index in [4.69, 9.17) is 5.26 Å². The standard InChI is InChI=1S/C14H19N3O2S/c1-2-12-5-4-9-17(10-7-12)20(18,19)14-6-3-8-16-13(14)11-15/h3,6,8,12H,2,4-5,7,9-10H2,1H3. The Morgan fingerprint density at radius 1 is 1.45 bits per heavy atom. The quantitative estimate of drug-likeness (QED) is 0.856. The van der Waals surface area contributed by atoms with E-state index in [1.165, 1.54) is 16.6 Å². The van der Waals surface area contributed by atoms with Crippen molar-refractivity contribution in [1.82, 2.24) is 9.29 Å². The maximum absolute atomic E-state index is 12.6. The largest absolute Gasteiger partial charge is 0.245 e. The van der Waals surface area contributed by atoms with Gasteiger partial charge in [-0.05, 0) is 37.3 Å². The van der Waals surface area contributed by atoms with Gasteiger partial charge in [-0.2, -0.15) is 9.57 Å². The number of pyridine rings is 1. The molecular formula is C14H19N3O2S. The van der Waals surface area contributed by atoms with Crippen LogP contribution in [-0.2, 0) is 10.0 Å². The lowest BCUT2D eigenvalue weighted by Gasteiger charge is -2.20. The van der Waals surface area contributed by atoms with Crippen molar-refractivity contribution in [2.45, 2.75) is 37.5 Å². The van der Waals surface area contributed by atoms with Crippen LogP contribution >= 0.6 is 0 Å². The van der Waals surface area contributed by atoms with E-state index in [1.54, 1.807) is 6.07 Å². The molecule has 0 radical (unpaired) electrons. The van der Waals surface area contributed by atoms with Gasteiger partial charge in [-0.1, -0.05) is 13.3 Å². The summed E-state index contributed by atoms with van der Waals surface area (Å²) in [6.07, 6.45) is 5.36. The molecule has 1 atom stereocenters. The van der Waals surface area contributed by atoms with Gasteiger partial charge in [-0.15, -0.1) is 0 Å². The highest BCUT2D eigenvalue weighted by atomic mass is 32.2. The van der Waals surface area contributed by atoms with E-state index < -0.39 is 10.0 Å². The van der Waals surface area contributed by atoms with Crippen LogP contribution in [0.2, 0.25) is 0 Å². The maximum Gasteiger partial charge on any atom is 0.245 e. The fourth-order valence-electron chi connectivity index (χ4n) is 2.61. The molecule has 0 spiro atoms. The lowest BCUT2D eigenvalue weighted by atomic mass is 9.98. The maximum atomic E-state index is 12.6. The number of nitrogens with zero attached hydrogens (tertiary/aromatic N) is 3. The average Bonchev–Trinajstić information content (AvgIpc) is 2.73. The fraction of sp³-hybridized carbons (Fsp3) is 0.571. The average molecular weight is 293 g/mol. The number of rotatable bonds is 3. The first kappa shape index (κ1) is 14.9. The van der Waals surface area contributed by atoms with Crippen LogP contribution in [-0.4, -0.2) is 30.8 Å². The predicted molar refractivity (Wildman–Crippen MR) is 75.3 cm³/mol. The molecule has 6 heteroatoms. The Morgan fingerprint density at radius 3 is 2.95 bits per heavy atom. The van der Waals surface area contributed by atoms with Crippen LogP contribution in [0.5, 0.6) is 0 Å². The van der Waals surface area contributed by atoms with E-state index in [0.29, 0.717) is 19.0 Å². The highest BCUT2D eigenvalue weighted by Crippen LogP contribution is 2.25. The summed E-state index contributed by atoms with van der Waals surface area (Å²) in [6.45, 7) is 3.20. The highest BCUT2D eigenvalue weighted by molar-refractivity contribution is 7.89. The van der Waals surface area contributed by atoms with E-state index in [0.717, 1.165) is 25.7 Å².